The van der Waals surface area contributed by atoms with E-state index in [1.54, 1.807) is 30.1 Å². The average molecular weight is 341 g/mol. The highest BCUT2D eigenvalue weighted by Gasteiger charge is 2.31. The minimum atomic E-state index is -4.38. The number of imidazole rings is 1. The molecule has 7 heteroatoms. The van der Waals surface area contributed by atoms with E-state index in [2.05, 4.69) is 4.98 Å². The van der Waals surface area contributed by atoms with Crippen LogP contribution in [0.1, 0.15) is 29.5 Å². The first-order chi connectivity index (χ1) is 11.3. The van der Waals surface area contributed by atoms with Gasteiger partial charge in [-0.2, -0.15) is 13.2 Å². The van der Waals surface area contributed by atoms with Crippen molar-refractivity contribution in [3.05, 3.63) is 53.6 Å². The molecule has 0 saturated heterocycles. The number of alkyl halides is 3. The molecule has 1 aromatic carbocycles. The quantitative estimate of drug-likeness (QED) is 0.722. The molecule has 24 heavy (non-hydrogen) atoms. The van der Waals surface area contributed by atoms with Gasteiger partial charge < -0.3 is 14.2 Å². The zero-order chi connectivity index (χ0) is 17.7. The first-order valence-electron chi connectivity index (χ1n) is 7.69. The number of rotatable bonds is 7. The zero-order valence-corrected chi connectivity index (χ0v) is 14.0. The van der Waals surface area contributed by atoms with E-state index in [9.17, 15) is 13.2 Å². The Morgan fingerprint density at radius 3 is 2.62 bits per heavy atom. The molecule has 1 aromatic heterocycles. The molecule has 2 rings (SSSR count). The van der Waals surface area contributed by atoms with Crippen LogP contribution in [0.4, 0.5) is 13.2 Å². The molecule has 0 radical (unpaired) electrons. The van der Waals surface area contributed by atoms with E-state index in [1.165, 1.54) is 6.07 Å². The summed E-state index contributed by atoms with van der Waals surface area (Å²) in [7, 11) is 5.72. The number of benzene rings is 1. The first-order valence-corrected chi connectivity index (χ1v) is 7.69. The monoisotopic (exact) mass is 341 g/mol. The van der Waals surface area contributed by atoms with E-state index in [1.807, 2.05) is 19.0 Å². The fraction of sp³-hybridized carbons (Fsp3) is 0.471. The van der Waals surface area contributed by atoms with Gasteiger partial charge in [-0.3, -0.25) is 0 Å². The number of aryl methyl sites for hydroxylation is 1. The second-order valence-electron chi connectivity index (χ2n) is 5.93. The van der Waals surface area contributed by atoms with Gasteiger partial charge in [-0.15, -0.1) is 0 Å². The largest absolute Gasteiger partial charge is 0.416 e. The summed E-state index contributed by atoms with van der Waals surface area (Å²) < 4.78 is 46.6. The van der Waals surface area contributed by atoms with Gasteiger partial charge in [0, 0.05) is 26.0 Å². The number of hydrogen-bond acceptors (Lipinski definition) is 3. The summed E-state index contributed by atoms with van der Waals surface area (Å²) in [6.45, 7) is 1.28. The molecule has 0 bridgehead atoms. The summed E-state index contributed by atoms with van der Waals surface area (Å²) in [6.07, 6.45) is -0.868. The Bertz CT molecular complexity index is 653. The zero-order valence-electron chi connectivity index (χ0n) is 14.0. The molecule has 132 valence electrons. The molecule has 0 fully saturated rings. The highest BCUT2D eigenvalue weighted by atomic mass is 19.4. The van der Waals surface area contributed by atoms with E-state index < -0.39 is 17.8 Å². The van der Waals surface area contributed by atoms with Crippen molar-refractivity contribution in [1.82, 2.24) is 14.5 Å². The van der Waals surface area contributed by atoms with E-state index >= 15 is 0 Å². The summed E-state index contributed by atoms with van der Waals surface area (Å²) in [5, 5.41) is 0. The van der Waals surface area contributed by atoms with Crippen LogP contribution in [0.5, 0.6) is 0 Å². The lowest BCUT2D eigenvalue weighted by atomic mass is 10.0. The Morgan fingerprint density at radius 2 is 2.04 bits per heavy atom. The summed E-state index contributed by atoms with van der Waals surface area (Å²) in [5.74, 6) is 0.583. The Balaban J connectivity index is 2.24. The lowest BCUT2D eigenvalue weighted by molar-refractivity contribution is -0.137. The predicted molar refractivity (Wildman–Crippen MR) is 85.6 cm³/mol. The van der Waals surface area contributed by atoms with Crippen molar-refractivity contribution in [2.75, 3.05) is 27.2 Å². The smallest absolute Gasteiger partial charge is 0.365 e. The van der Waals surface area contributed by atoms with E-state index in [0.29, 0.717) is 18.0 Å². The highest BCUT2D eigenvalue weighted by molar-refractivity contribution is 5.30. The van der Waals surface area contributed by atoms with Crippen molar-refractivity contribution in [1.29, 1.82) is 0 Å². The average Bonchev–Trinajstić information content (AvgIpc) is 2.92. The molecule has 0 aliphatic heterocycles. The van der Waals surface area contributed by atoms with E-state index in [0.717, 1.165) is 25.1 Å². The number of halogens is 3. The molecule has 0 spiro atoms. The standard InChI is InChI=1S/C17H22F3N3O/c1-22(2)9-5-11-24-15(16-21-8-10-23(16)3)13-6-4-7-14(12-13)17(18,19)20/h4,6-8,10,12,15H,5,9,11H2,1-3H3. The predicted octanol–water partition coefficient (Wildman–Crippen LogP) is 3.50. The molecular weight excluding hydrogens is 319 g/mol. The fourth-order valence-electron chi connectivity index (χ4n) is 2.41. The van der Waals surface area contributed by atoms with Gasteiger partial charge in [0.2, 0.25) is 0 Å². The fourth-order valence-corrected chi connectivity index (χ4v) is 2.41. The van der Waals surface area contributed by atoms with Gasteiger partial charge >= 0.3 is 6.18 Å². The Kier molecular flexibility index (Phi) is 6.01. The second-order valence-corrected chi connectivity index (χ2v) is 5.93. The van der Waals surface area contributed by atoms with Crippen LogP contribution < -0.4 is 0 Å². The van der Waals surface area contributed by atoms with Crippen LogP contribution in [-0.2, 0) is 18.0 Å². The molecule has 1 heterocycles. The van der Waals surface area contributed by atoms with Crippen molar-refractivity contribution < 1.29 is 17.9 Å². The molecule has 1 atom stereocenters. The first kappa shape index (κ1) is 18.5. The minimum absolute atomic E-state index is 0.436. The summed E-state index contributed by atoms with van der Waals surface area (Å²) >= 11 is 0. The second kappa shape index (κ2) is 7.81. The van der Waals surface area contributed by atoms with Crippen LogP contribution >= 0.6 is 0 Å². The van der Waals surface area contributed by atoms with Crippen LogP contribution in [0, 0.1) is 0 Å². The topological polar surface area (TPSA) is 30.3 Å². The molecule has 1 unspecified atom stereocenters. The maximum atomic E-state index is 13.0. The number of hydrogen-bond donors (Lipinski definition) is 0. The van der Waals surface area contributed by atoms with Crippen LogP contribution in [0.2, 0.25) is 0 Å². The van der Waals surface area contributed by atoms with E-state index in [-0.39, 0.29) is 0 Å². The third-order valence-electron chi connectivity index (χ3n) is 3.64. The lowest BCUT2D eigenvalue weighted by Crippen LogP contribution is -2.18. The van der Waals surface area contributed by atoms with Gasteiger partial charge in [-0.25, -0.2) is 4.98 Å². The van der Waals surface area contributed by atoms with Gasteiger partial charge in [0.05, 0.1) is 5.56 Å². The van der Waals surface area contributed by atoms with Crippen molar-refractivity contribution >= 4 is 0 Å². The molecule has 0 aliphatic rings. The number of ether oxygens (including phenoxy) is 1. The Morgan fingerprint density at radius 1 is 1.29 bits per heavy atom. The molecule has 0 amide bonds. The van der Waals surface area contributed by atoms with Crippen molar-refractivity contribution in [2.24, 2.45) is 7.05 Å². The highest BCUT2D eigenvalue weighted by Crippen LogP contribution is 2.33. The molecule has 0 saturated carbocycles. The van der Waals surface area contributed by atoms with Crippen molar-refractivity contribution in [3.63, 3.8) is 0 Å². The lowest BCUT2D eigenvalue weighted by Gasteiger charge is -2.20. The normalized spacial score (nSPS) is 13.5. The molecule has 0 N–H and O–H groups in total. The maximum absolute atomic E-state index is 13.0. The third-order valence-corrected chi connectivity index (χ3v) is 3.64. The van der Waals surface area contributed by atoms with Gasteiger partial charge in [0.15, 0.2) is 0 Å². The van der Waals surface area contributed by atoms with Gasteiger partial charge in [0.1, 0.15) is 11.9 Å². The van der Waals surface area contributed by atoms with Gasteiger partial charge in [-0.1, -0.05) is 12.1 Å². The van der Waals surface area contributed by atoms with Crippen LogP contribution in [0.25, 0.3) is 0 Å². The van der Waals surface area contributed by atoms with Gasteiger partial charge in [-0.05, 0) is 44.8 Å². The molecular formula is C17H22F3N3O. The van der Waals surface area contributed by atoms with Crippen LogP contribution in [-0.4, -0.2) is 41.7 Å². The van der Waals surface area contributed by atoms with Gasteiger partial charge in [0.25, 0.3) is 0 Å². The molecule has 4 nitrogen and oxygen atoms in total. The third kappa shape index (κ3) is 4.82. The minimum Gasteiger partial charge on any atom is -0.365 e. The van der Waals surface area contributed by atoms with Crippen molar-refractivity contribution in [3.8, 4) is 0 Å². The van der Waals surface area contributed by atoms with Crippen molar-refractivity contribution in [2.45, 2.75) is 18.7 Å². The Labute approximate surface area is 139 Å². The van der Waals surface area contributed by atoms with Crippen LogP contribution in [0.3, 0.4) is 0 Å². The maximum Gasteiger partial charge on any atom is 0.416 e. The SMILES string of the molecule is CN(C)CCCOC(c1cccc(C(F)(F)F)c1)c1nccn1C. The Hall–Kier alpha value is -1.86. The summed E-state index contributed by atoms with van der Waals surface area (Å²) in [6, 6.07) is 5.23. The van der Waals surface area contributed by atoms with Crippen LogP contribution in [0.15, 0.2) is 36.7 Å². The number of nitrogens with zero attached hydrogens (tertiary/aromatic N) is 3. The molecule has 0 aliphatic carbocycles. The summed E-state index contributed by atoms with van der Waals surface area (Å²) in [5.41, 5.74) is -0.236. The van der Waals surface area contributed by atoms with E-state index in [4.69, 9.17) is 4.74 Å². The number of aromatic nitrogens is 2. The molecule has 2 aromatic rings. The summed E-state index contributed by atoms with van der Waals surface area (Å²) in [4.78, 5) is 6.28.